The van der Waals surface area contributed by atoms with E-state index in [9.17, 15) is 14.3 Å². The lowest BCUT2D eigenvalue weighted by Crippen LogP contribution is -2.35. The Labute approximate surface area is 94.6 Å². The lowest BCUT2D eigenvalue weighted by molar-refractivity contribution is -0.769. The third-order valence-corrected chi connectivity index (χ3v) is 4.45. The number of nitrogens with zero attached hydrogens (tertiary/aromatic N) is 1. The fourth-order valence-electron chi connectivity index (χ4n) is 2.07. The van der Waals surface area contributed by atoms with Crippen LogP contribution in [-0.2, 0) is 25.1 Å². The lowest BCUT2D eigenvalue weighted by atomic mass is 10.1. The minimum atomic E-state index is -1.02. The quantitative estimate of drug-likeness (QED) is 0.494. The van der Waals surface area contributed by atoms with Gasteiger partial charge < -0.3 is 14.3 Å². The van der Waals surface area contributed by atoms with Crippen LogP contribution >= 0.6 is 0 Å². The molecular formula is C8H13NO6S. The van der Waals surface area contributed by atoms with Gasteiger partial charge in [-0.25, -0.2) is 0 Å². The van der Waals surface area contributed by atoms with Gasteiger partial charge in [-0.05, 0) is 0 Å². The summed E-state index contributed by atoms with van der Waals surface area (Å²) in [6.07, 6.45) is -1.50. The van der Waals surface area contributed by atoms with E-state index in [0.717, 1.165) is 0 Å². The second-order valence-corrected chi connectivity index (χ2v) is 5.62. The number of hydrogen-bond acceptors (Lipinski definition) is 6. The molecule has 0 aromatic heterocycles. The van der Waals surface area contributed by atoms with Crippen molar-refractivity contribution in [3.05, 3.63) is 10.1 Å². The molecular weight excluding hydrogens is 238 g/mol. The van der Waals surface area contributed by atoms with Crippen LogP contribution in [0.2, 0.25) is 0 Å². The van der Waals surface area contributed by atoms with E-state index in [1.807, 2.05) is 6.92 Å². The first-order valence-corrected chi connectivity index (χ1v) is 6.43. The second kappa shape index (κ2) is 4.64. The molecule has 0 N–H and O–H groups in total. The van der Waals surface area contributed by atoms with Crippen LogP contribution in [0.15, 0.2) is 0 Å². The molecule has 0 bridgehead atoms. The van der Waals surface area contributed by atoms with E-state index in [1.165, 1.54) is 0 Å². The molecule has 0 saturated carbocycles. The summed E-state index contributed by atoms with van der Waals surface area (Å²) < 4.78 is 22.4. The molecule has 8 heteroatoms. The van der Waals surface area contributed by atoms with Gasteiger partial charge in [0.05, 0.1) is 18.5 Å². The van der Waals surface area contributed by atoms with Crippen LogP contribution in [0.1, 0.15) is 6.92 Å². The zero-order valence-electron chi connectivity index (χ0n) is 8.74. The van der Waals surface area contributed by atoms with Crippen molar-refractivity contribution in [2.45, 2.75) is 30.5 Å². The molecule has 0 aliphatic carbocycles. The Morgan fingerprint density at radius 2 is 2.12 bits per heavy atom. The fourth-order valence-corrected chi connectivity index (χ4v) is 3.26. The largest absolute Gasteiger partial charge is 0.372 e. The third-order valence-electron chi connectivity index (χ3n) is 2.81. The van der Waals surface area contributed by atoms with Gasteiger partial charge in [0.2, 0.25) is 0 Å². The number of ether oxygens (including phenoxy) is 2. The summed E-state index contributed by atoms with van der Waals surface area (Å²) in [6, 6.07) is 0. The van der Waals surface area contributed by atoms with Crippen molar-refractivity contribution in [3.8, 4) is 0 Å². The monoisotopic (exact) mass is 251 g/mol. The molecule has 2 rings (SSSR count). The summed E-state index contributed by atoms with van der Waals surface area (Å²) in [5.41, 5.74) is 0. The zero-order valence-corrected chi connectivity index (χ0v) is 9.55. The first-order chi connectivity index (χ1) is 7.63. The van der Waals surface area contributed by atoms with Crippen molar-refractivity contribution in [2.24, 2.45) is 0 Å². The number of rotatable bonds is 4. The van der Waals surface area contributed by atoms with Crippen LogP contribution in [0.3, 0.4) is 0 Å². The molecule has 0 radical (unpaired) electrons. The van der Waals surface area contributed by atoms with E-state index in [4.69, 9.17) is 9.47 Å². The molecule has 0 aromatic carbocycles. The molecule has 2 aliphatic heterocycles. The molecule has 0 spiro atoms. The van der Waals surface area contributed by atoms with Crippen molar-refractivity contribution in [1.29, 1.82) is 0 Å². The normalized spacial score (nSPS) is 39.3. The number of hydrogen-bond donors (Lipinski definition) is 0. The highest BCUT2D eigenvalue weighted by Gasteiger charge is 2.51. The first-order valence-electron chi connectivity index (χ1n) is 5.05. The van der Waals surface area contributed by atoms with Gasteiger partial charge in [-0.3, -0.25) is 4.21 Å². The van der Waals surface area contributed by atoms with Crippen molar-refractivity contribution >= 4 is 10.8 Å². The highest BCUT2D eigenvalue weighted by atomic mass is 32.2. The highest BCUT2D eigenvalue weighted by Crippen LogP contribution is 2.31. The van der Waals surface area contributed by atoms with Crippen LogP contribution in [0.4, 0.5) is 0 Å². The van der Waals surface area contributed by atoms with Gasteiger partial charge in [-0.15, -0.1) is 10.1 Å². The minimum Gasteiger partial charge on any atom is -0.372 e. The van der Waals surface area contributed by atoms with Gasteiger partial charge in [-0.2, -0.15) is 0 Å². The average molecular weight is 251 g/mol. The topological polar surface area (TPSA) is 87.9 Å². The zero-order chi connectivity index (χ0) is 11.7. The second-order valence-electron chi connectivity index (χ2n) is 3.67. The molecule has 2 fully saturated rings. The van der Waals surface area contributed by atoms with Crippen LogP contribution in [-0.4, -0.2) is 51.8 Å². The van der Waals surface area contributed by atoms with Crippen molar-refractivity contribution < 1.29 is 23.6 Å². The maximum atomic E-state index is 11.7. The molecule has 0 aromatic rings. The minimum absolute atomic E-state index is 0.119. The van der Waals surface area contributed by atoms with Gasteiger partial charge in [0, 0.05) is 16.6 Å². The van der Waals surface area contributed by atoms with E-state index < -0.39 is 28.1 Å². The maximum Gasteiger partial charge on any atom is 0.294 e. The van der Waals surface area contributed by atoms with Crippen LogP contribution in [0.25, 0.3) is 0 Å². The Hall–Kier alpha value is -0.730. The summed E-state index contributed by atoms with van der Waals surface area (Å²) in [4.78, 5) is 14.7. The van der Waals surface area contributed by atoms with Gasteiger partial charge in [-0.1, -0.05) is 6.92 Å². The van der Waals surface area contributed by atoms with Crippen LogP contribution in [0, 0.1) is 10.1 Å². The molecule has 7 nitrogen and oxygen atoms in total. The molecule has 2 aliphatic rings. The standard InChI is InChI=1S/C8H13NO6S/c1-2-16(12)6-4-14-7-5(15-9(10)11)3-13-8(6)7/h5-8H,2-4H2,1H3/t5?,6-,7-,8-,16?/m1/s1. The Kier molecular flexibility index (Phi) is 3.41. The van der Waals surface area contributed by atoms with Crippen molar-refractivity contribution in [3.63, 3.8) is 0 Å². The SMILES string of the molecule is CCS(=O)[C@@H]1CO[C@@H]2C(O[N+](=O)[O-])CO[C@@H]21. The summed E-state index contributed by atoms with van der Waals surface area (Å²) in [5, 5.41) is 9.19. The van der Waals surface area contributed by atoms with E-state index >= 15 is 0 Å². The van der Waals surface area contributed by atoms with Crippen LogP contribution in [0.5, 0.6) is 0 Å². The maximum absolute atomic E-state index is 11.7. The smallest absolute Gasteiger partial charge is 0.294 e. The first kappa shape index (κ1) is 11.7. The number of fused-ring (bicyclic) bond motifs is 1. The summed E-state index contributed by atoms with van der Waals surface area (Å²) in [6.45, 7) is 2.25. The van der Waals surface area contributed by atoms with Gasteiger partial charge >= 0.3 is 0 Å². The van der Waals surface area contributed by atoms with Gasteiger partial charge in [0.25, 0.3) is 5.09 Å². The van der Waals surface area contributed by atoms with E-state index in [1.54, 1.807) is 0 Å². The van der Waals surface area contributed by atoms with Crippen molar-refractivity contribution in [1.82, 2.24) is 0 Å². The molecule has 2 saturated heterocycles. The van der Waals surface area contributed by atoms with Gasteiger partial charge in [0.1, 0.15) is 12.2 Å². The highest BCUT2D eigenvalue weighted by molar-refractivity contribution is 7.85. The van der Waals surface area contributed by atoms with Crippen molar-refractivity contribution in [2.75, 3.05) is 19.0 Å². The van der Waals surface area contributed by atoms with Gasteiger partial charge in [0.15, 0.2) is 6.10 Å². The lowest BCUT2D eigenvalue weighted by Gasteiger charge is -2.14. The molecule has 5 atom stereocenters. The molecule has 0 amide bonds. The van der Waals surface area contributed by atoms with E-state index in [-0.39, 0.29) is 18.0 Å². The molecule has 16 heavy (non-hydrogen) atoms. The Morgan fingerprint density at radius 1 is 1.44 bits per heavy atom. The molecule has 92 valence electrons. The molecule has 2 heterocycles. The Bertz CT molecular complexity index is 311. The Morgan fingerprint density at radius 3 is 2.75 bits per heavy atom. The summed E-state index contributed by atoms with van der Waals surface area (Å²) >= 11 is 0. The van der Waals surface area contributed by atoms with Crippen LogP contribution < -0.4 is 0 Å². The summed E-state index contributed by atoms with van der Waals surface area (Å²) in [5.74, 6) is 0.529. The average Bonchev–Trinajstić information content (AvgIpc) is 2.79. The summed E-state index contributed by atoms with van der Waals surface area (Å²) in [7, 11) is -1.02. The molecule has 2 unspecified atom stereocenters. The predicted octanol–water partition coefficient (Wildman–Crippen LogP) is -0.502. The van der Waals surface area contributed by atoms with E-state index in [0.29, 0.717) is 12.4 Å². The third kappa shape index (κ3) is 2.04. The predicted molar refractivity (Wildman–Crippen MR) is 53.8 cm³/mol. The van der Waals surface area contributed by atoms with E-state index in [2.05, 4.69) is 4.84 Å². The fraction of sp³-hybridized carbons (Fsp3) is 1.00. The Balaban J connectivity index is 2.00.